The van der Waals surface area contributed by atoms with Crippen LogP contribution >= 0.6 is 0 Å². The van der Waals surface area contributed by atoms with E-state index in [1.807, 2.05) is 12.3 Å². The van der Waals surface area contributed by atoms with E-state index in [-0.39, 0.29) is 0 Å². The molecule has 1 aliphatic rings. The number of hydrogen-bond acceptors (Lipinski definition) is 2. The Bertz CT molecular complexity index is 218. The zero-order chi connectivity index (χ0) is 7.52. The summed E-state index contributed by atoms with van der Waals surface area (Å²) in [6.45, 7) is 0.959. The molecule has 1 aliphatic heterocycles. The van der Waals surface area contributed by atoms with Crippen molar-refractivity contribution in [3.63, 3.8) is 0 Å². The average molecular weight is 149 g/mol. The lowest BCUT2D eigenvalue weighted by Gasteiger charge is -1.95. The molecule has 58 valence electrons. The molecule has 0 saturated carbocycles. The Morgan fingerprint density at radius 3 is 3.18 bits per heavy atom. The number of aryl methyl sites for hydroxylation is 1. The van der Waals surface area contributed by atoms with Gasteiger partial charge < -0.3 is 4.74 Å². The average Bonchev–Trinajstić information content (AvgIpc) is 2.86. The summed E-state index contributed by atoms with van der Waals surface area (Å²) in [5, 5.41) is 0. The highest BCUT2D eigenvalue weighted by atomic mass is 16.6. The van der Waals surface area contributed by atoms with Gasteiger partial charge in [0.05, 0.1) is 12.7 Å². The Hall–Kier alpha value is -0.890. The van der Waals surface area contributed by atoms with Crippen molar-refractivity contribution in [1.82, 2.24) is 4.98 Å². The first-order chi connectivity index (χ1) is 5.45. The first-order valence-corrected chi connectivity index (χ1v) is 3.95. The van der Waals surface area contributed by atoms with Crippen LogP contribution in [0.1, 0.15) is 12.0 Å². The lowest BCUT2D eigenvalue weighted by molar-refractivity contribution is 0.396. The number of pyridine rings is 1. The zero-order valence-electron chi connectivity index (χ0n) is 6.36. The summed E-state index contributed by atoms with van der Waals surface area (Å²) in [6.07, 6.45) is 6.50. The molecule has 11 heavy (non-hydrogen) atoms. The molecule has 1 aromatic heterocycles. The largest absolute Gasteiger partial charge is 0.373 e. The van der Waals surface area contributed by atoms with Crippen LogP contribution in [0.4, 0.5) is 0 Å². The Balaban J connectivity index is 1.85. The highest BCUT2D eigenvalue weighted by Gasteiger charge is 2.21. The molecular weight excluding hydrogens is 138 g/mol. The second-order valence-corrected chi connectivity index (χ2v) is 2.86. The van der Waals surface area contributed by atoms with Crippen molar-refractivity contribution in [1.29, 1.82) is 0 Å². The second kappa shape index (κ2) is 3.01. The first kappa shape index (κ1) is 6.80. The van der Waals surface area contributed by atoms with Crippen molar-refractivity contribution in [2.45, 2.75) is 18.9 Å². The molecule has 0 aromatic carbocycles. The molecule has 1 atom stereocenters. The van der Waals surface area contributed by atoms with Gasteiger partial charge >= 0.3 is 0 Å². The van der Waals surface area contributed by atoms with E-state index < -0.39 is 0 Å². The second-order valence-electron chi connectivity index (χ2n) is 2.86. The van der Waals surface area contributed by atoms with E-state index in [4.69, 9.17) is 4.74 Å². The van der Waals surface area contributed by atoms with E-state index in [2.05, 4.69) is 11.1 Å². The van der Waals surface area contributed by atoms with Crippen LogP contribution in [-0.4, -0.2) is 17.7 Å². The number of hydrogen-bond donors (Lipinski definition) is 0. The highest BCUT2D eigenvalue weighted by Crippen LogP contribution is 2.15. The maximum atomic E-state index is 5.11. The van der Waals surface area contributed by atoms with Gasteiger partial charge in [-0.1, -0.05) is 6.07 Å². The molecule has 1 aromatic rings. The molecule has 2 nitrogen and oxygen atoms in total. The molecule has 1 saturated heterocycles. The number of epoxide rings is 1. The molecule has 0 bridgehead atoms. The lowest BCUT2D eigenvalue weighted by Crippen LogP contribution is -1.90. The van der Waals surface area contributed by atoms with Crippen LogP contribution in [0.15, 0.2) is 24.5 Å². The fraction of sp³-hybridized carbons (Fsp3) is 0.444. The van der Waals surface area contributed by atoms with Crippen molar-refractivity contribution >= 4 is 0 Å². The summed E-state index contributed by atoms with van der Waals surface area (Å²) in [7, 11) is 0. The molecule has 1 fully saturated rings. The minimum absolute atomic E-state index is 0.537. The summed E-state index contributed by atoms with van der Waals surface area (Å²) in [4.78, 5) is 4.04. The van der Waals surface area contributed by atoms with Gasteiger partial charge in [-0.3, -0.25) is 4.98 Å². The van der Waals surface area contributed by atoms with E-state index in [9.17, 15) is 0 Å². The predicted molar refractivity (Wildman–Crippen MR) is 42.3 cm³/mol. The summed E-state index contributed by atoms with van der Waals surface area (Å²) < 4.78 is 5.11. The van der Waals surface area contributed by atoms with Gasteiger partial charge in [0, 0.05) is 12.4 Å². The topological polar surface area (TPSA) is 25.4 Å². The SMILES string of the molecule is c1cncc(CC[C@@H]2CO2)c1. The quantitative estimate of drug-likeness (QED) is 0.607. The Kier molecular flexibility index (Phi) is 1.86. The number of rotatable bonds is 3. The van der Waals surface area contributed by atoms with E-state index in [0.29, 0.717) is 6.10 Å². The van der Waals surface area contributed by atoms with Gasteiger partial charge in [0.25, 0.3) is 0 Å². The van der Waals surface area contributed by atoms with Gasteiger partial charge in [-0.05, 0) is 24.5 Å². The molecule has 0 aliphatic carbocycles. The van der Waals surface area contributed by atoms with Crippen LogP contribution in [-0.2, 0) is 11.2 Å². The van der Waals surface area contributed by atoms with Crippen molar-refractivity contribution in [2.24, 2.45) is 0 Å². The first-order valence-electron chi connectivity index (χ1n) is 3.95. The van der Waals surface area contributed by atoms with Gasteiger partial charge in [-0.2, -0.15) is 0 Å². The van der Waals surface area contributed by atoms with Crippen molar-refractivity contribution < 1.29 is 4.74 Å². The van der Waals surface area contributed by atoms with Crippen LogP contribution in [0.2, 0.25) is 0 Å². The molecule has 2 heterocycles. The zero-order valence-corrected chi connectivity index (χ0v) is 6.36. The Labute approximate surface area is 66.2 Å². The van der Waals surface area contributed by atoms with Gasteiger partial charge in [-0.15, -0.1) is 0 Å². The van der Waals surface area contributed by atoms with E-state index in [1.165, 1.54) is 5.56 Å². The van der Waals surface area contributed by atoms with Crippen LogP contribution < -0.4 is 0 Å². The highest BCUT2D eigenvalue weighted by molar-refractivity contribution is 5.08. The maximum Gasteiger partial charge on any atom is 0.0813 e. The number of ether oxygens (including phenoxy) is 1. The third-order valence-electron chi connectivity index (χ3n) is 1.88. The summed E-state index contributed by atoms with van der Waals surface area (Å²) in [5.74, 6) is 0. The van der Waals surface area contributed by atoms with E-state index in [0.717, 1.165) is 19.4 Å². The smallest absolute Gasteiger partial charge is 0.0813 e. The third-order valence-corrected chi connectivity index (χ3v) is 1.88. The maximum absolute atomic E-state index is 5.11. The van der Waals surface area contributed by atoms with Gasteiger partial charge in [0.15, 0.2) is 0 Å². The summed E-state index contributed by atoms with van der Waals surface area (Å²) in [5.41, 5.74) is 1.31. The minimum Gasteiger partial charge on any atom is -0.373 e. The van der Waals surface area contributed by atoms with Gasteiger partial charge in [0.1, 0.15) is 0 Å². The summed E-state index contributed by atoms with van der Waals surface area (Å²) >= 11 is 0. The monoisotopic (exact) mass is 149 g/mol. The summed E-state index contributed by atoms with van der Waals surface area (Å²) in [6, 6.07) is 4.08. The molecule has 0 spiro atoms. The van der Waals surface area contributed by atoms with Gasteiger partial charge in [0.2, 0.25) is 0 Å². The van der Waals surface area contributed by atoms with Crippen molar-refractivity contribution in [3.05, 3.63) is 30.1 Å². The standard InChI is InChI=1S/C9H11NO/c1-2-8(6-10-5-1)3-4-9-7-11-9/h1-2,5-6,9H,3-4,7H2/t9-/m1/s1. The molecule has 0 radical (unpaired) electrons. The molecule has 0 amide bonds. The third kappa shape index (κ3) is 2.02. The Morgan fingerprint density at radius 1 is 1.64 bits per heavy atom. The molecule has 0 N–H and O–H groups in total. The van der Waals surface area contributed by atoms with Crippen molar-refractivity contribution in [3.8, 4) is 0 Å². The predicted octanol–water partition coefficient (Wildman–Crippen LogP) is 1.41. The van der Waals surface area contributed by atoms with E-state index in [1.54, 1.807) is 6.20 Å². The van der Waals surface area contributed by atoms with Crippen LogP contribution in [0.5, 0.6) is 0 Å². The molecular formula is C9H11NO. The van der Waals surface area contributed by atoms with Crippen molar-refractivity contribution in [2.75, 3.05) is 6.61 Å². The molecule has 2 heteroatoms. The molecule has 2 rings (SSSR count). The van der Waals surface area contributed by atoms with Crippen LogP contribution in [0.3, 0.4) is 0 Å². The minimum atomic E-state index is 0.537. The Morgan fingerprint density at radius 2 is 2.55 bits per heavy atom. The normalized spacial score (nSPS) is 21.6. The van der Waals surface area contributed by atoms with Gasteiger partial charge in [-0.25, -0.2) is 0 Å². The molecule has 0 unspecified atom stereocenters. The number of nitrogens with zero attached hydrogens (tertiary/aromatic N) is 1. The van der Waals surface area contributed by atoms with E-state index >= 15 is 0 Å². The van der Waals surface area contributed by atoms with Crippen LogP contribution in [0.25, 0.3) is 0 Å². The fourth-order valence-corrected chi connectivity index (χ4v) is 1.11. The lowest BCUT2D eigenvalue weighted by atomic mass is 10.1. The van der Waals surface area contributed by atoms with Crippen LogP contribution in [0, 0.1) is 0 Å². The fourth-order valence-electron chi connectivity index (χ4n) is 1.11. The number of aromatic nitrogens is 1.